The van der Waals surface area contributed by atoms with Crippen molar-refractivity contribution in [3.8, 4) is 5.75 Å². The molecular weight excluding hydrogens is 188 g/mol. The Balaban J connectivity index is 2.55. The first-order chi connectivity index (χ1) is 6.27. The van der Waals surface area contributed by atoms with Gasteiger partial charge >= 0.3 is 0 Å². The summed E-state index contributed by atoms with van der Waals surface area (Å²) in [5.74, 6) is 0.613. The van der Waals surface area contributed by atoms with Gasteiger partial charge in [0.2, 0.25) is 0 Å². The van der Waals surface area contributed by atoms with Crippen LogP contribution in [-0.2, 0) is 0 Å². The van der Waals surface area contributed by atoms with Gasteiger partial charge in [-0.3, -0.25) is 4.79 Å². The van der Waals surface area contributed by atoms with E-state index in [4.69, 9.17) is 10.5 Å². The van der Waals surface area contributed by atoms with E-state index in [2.05, 4.69) is 5.32 Å². The summed E-state index contributed by atoms with van der Waals surface area (Å²) in [6.45, 7) is 0.952. The Morgan fingerprint density at radius 1 is 1.77 bits per heavy atom. The number of ether oxygens (including phenoxy) is 1. The van der Waals surface area contributed by atoms with E-state index in [9.17, 15) is 4.79 Å². The number of carbonyl (C=O) groups is 1. The quantitative estimate of drug-likeness (QED) is 0.741. The van der Waals surface area contributed by atoms with Gasteiger partial charge in [-0.2, -0.15) is 0 Å². The van der Waals surface area contributed by atoms with Gasteiger partial charge in [0.15, 0.2) is 0 Å². The Labute approximate surface area is 80.7 Å². The van der Waals surface area contributed by atoms with Gasteiger partial charge in [-0.05, 0) is 0 Å². The molecule has 1 aromatic heterocycles. The molecule has 5 heteroatoms. The van der Waals surface area contributed by atoms with Crippen molar-refractivity contribution in [2.45, 2.75) is 0 Å². The monoisotopic (exact) mass is 200 g/mol. The first-order valence-corrected chi connectivity index (χ1v) is 4.76. The van der Waals surface area contributed by atoms with E-state index in [1.54, 1.807) is 18.6 Å². The maximum Gasteiger partial charge on any atom is 0.261 e. The number of nitrogens with one attached hydrogen (secondary N) is 1. The lowest BCUT2D eigenvalue weighted by Crippen LogP contribution is -2.28. The number of methoxy groups -OCH3 is 1. The van der Waals surface area contributed by atoms with E-state index in [1.165, 1.54) is 11.3 Å². The van der Waals surface area contributed by atoms with Gasteiger partial charge in [-0.1, -0.05) is 0 Å². The zero-order valence-corrected chi connectivity index (χ0v) is 8.19. The summed E-state index contributed by atoms with van der Waals surface area (Å²) in [5.41, 5.74) is 5.25. The molecule has 0 bridgehead atoms. The van der Waals surface area contributed by atoms with Gasteiger partial charge in [0, 0.05) is 24.5 Å². The summed E-state index contributed by atoms with van der Waals surface area (Å²) in [5, 5.41) is 4.47. The minimum absolute atomic E-state index is 0.0984. The predicted octanol–water partition coefficient (Wildman–Crippen LogP) is 0.445. The Bertz CT molecular complexity index is 285. The SMILES string of the molecule is COc1csc(C(=O)NCCN)c1. The zero-order valence-electron chi connectivity index (χ0n) is 7.37. The number of rotatable bonds is 4. The highest BCUT2D eigenvalue weighted by Crippen LogP contribution is 2.20. The summed E-state index contributed by atoms with van der Waals surface area (Å²) in [4.78, 5) is 12.0. The van der Waals surface area contributed by atoms with E-state index in [0.717, 1.165) is 0 Å². The molecule has 0 fully saturated rings. The van der Waals surface area contributed by atoms with Crippen molar-refractivity contribution in [3.05, 3.63) is 16.3 Å². The summed E-state index contributed by atoms with van der Waals surface area (Å²) in [6.07, 6.45) is 0. The summed E-state index contributed by atoms with van der Waals surface area (Å²) < 4.78 is 4.96. The van der Waals surface area contributed by atoms with Crippen LogP contribution in [0.2, 0.25) is 0 Å². The number of nitrogens with two attached hydrogens (primary N) is 1. The molecule has 1 rings (SSSR count). The molecule has 13 heavy (non-hydrogen) atoms. The molecule has 0 aromatic carbocycles. The molecular formula is C8H12N2O2S. The van der Waals surface area contributed by atoms with Crippen molar-refractivity contribution in [1.82, 2.24) is 5.32 Å². The van der Waals surface area contributed by atoms with Crippen molar-refractivity contribution in [2.75, 3.05) is 20.2 Å². The minimum atomic E-state index is -0.0984. The standard InChI is InChI=1S/C8H12N2O2S/c1-12-6-4-7(13-5-6)8(11)10-3-2-9/h4-5H,2-3,9H2,1H3,(H,10,11). The van der Waals surface area contributed by atoms with Crippen molar-refractivity contribution in [2.24, 2.45) is 5.73 Å². The van der Waals surface area contributed by atoms with Gasteiger partial charge in [-0.15, -0.1) is 11.3 Å². The lowest BCUT2D eigenvalue weighted by Gasteiger charge is -1.99. The average Bonchev–Trinajstić information content (AvgIpc) is 2.62. The fraction of sp³-hybridized carbons (Fsp3) is 0.375. The smallest absolute Gasteiger partial charge is 0.261 e. The van der Waals surface area contributed by atoms with Gasteiger partial charge in [0.05, 0.1) is 12.0 Å². The van der Waals surface area contributed by atoms with Gasteiger partial charge < -0.3 is 15.8 Å². The van der Waals surface area contributed by atoms with E-state index >= 15 is 0 Å². The normalized spacial score (nSPS) is 9.69. The number of carbonyl (C=O) groups excluding carboxylic acids is 1. The van der Waals surface area contributed by atoms with Crippen LogP contribution in [0, 0.1) is 0 Å². The third-order valence-electron chi connectivity index (χ3n) is 1.46. The van der Waals surface area contributed by atoms with Gasteiger partial charge in [0.25, 0.3) is 5.91 Å². The number of thiophene rings is 1. The first-order valence-electron chi connectivity index (χ1n) is 3.88. The molecule has 0 saturated carbocycles. The molecule has 0 saturated heterocycles. The van der Waals surface area contributed by atoms with E-state index in [1.807, 2.05) is 0 Å². The second-order valence-corrected chi connectivity index (χ2v) is 3.31. The van der Waals surface area contributed by atoms with Crippen LogP contribution in [0.3, 0.4) is 0 Å². The predicted molar refractivity (Wildman–Crippen MR) is 52.3 cm³/mol. The summed E-state index contributed by atoms with van der Waals surface area (Å²) in [6, 6.07) is 1.70. The number of hydrogen-bond donors (Lipinski definition) is 2. The van der Waals surface area contributed by atoms with Crippen molar-refractivity contribution >= 4 is 17.2 Å². The Hall–Kier alpha value is -1.07. The molecule has 0 aliphatic rings. The largest absolute Gasteiger partial charge is 0.496 e. The van der Waals surface area contributed by atoms with Crippen molar-refractivity contribution in [3.63, 3.8) is 0 Å². The van der Waals surface area contributed by atoms with Crippen LogP contribution in [0.15, 0.2) is 11.4 Å². The van der Waals surface area contributed by atoms with Gasteiger partial charge in [0.1, 0.15) is 5.75 Å². The second kappa shape index (κ2) is 4.84. The van der Waals surface area contributed by atoms with Crippen LogP contribution in [-0.4, -0.2) is 26.1 Å². The fourth-order valence-corrected chi connectivity index (χ4v) is 1.59. The topological polar surface area (TPSA) is 64.3 Å². The second-order valence-electron chi connectivity index (χ2n) is 2.40. The molecule has 3 N–H and O–H groups in total. The van der Waals surface area contributed by atoms with Crippen LogP contribution in [0.25, 0.3) is 0 Å². The fourth-order valence-electron chi connectivity index (χ4n) is 0.818. The first kappa shape index (κ1) is 10.0. The molecule has 1 heterocycles. The highest BCUT2D eigenvalue weighted by atomic mass is 32.1. The molecule has 1 aromatic rings. The molecule has 0 radical (unpaired) electrons. The summed E-state index contributed by atoms with van der Waals surface area (Å²) >= 11 is 1.35. The molecule has 1 amide bonds. The molecule has 0 spiro atoms. The maximum atomic E-state index is 11.3. The minimum Gasteiger partial charge on any atom is -0.496 e. The lowest BCUT2D eigenvalue weighted by atomic mass is 10.4. The zero-order chi connectivity index (χ0) is 9.68. The Morgan fingerprint density at radius 3 is 3.08 bits per heavy atom. The van der Waals surface area contributed by atoms with Crippen LogP contribution < -0.4 is 15.8 Å². The highest BCUT2D eigenvalue weighted by Gasteiger charge is 2.07. The average molecular weight is 200 g/mol. The number of hydrogen-bond acceptors (Lipinski definition) is 4. The Morgan fingerprint density at radius 2 is 2.54 bits per heavy atom. The van der Waals surface area contributed by atoms with E-state index in [0.29, 0.717) is 23.7 Å². The molecule has 72 valence electrons. The van der Waals surface area contributed by atoms with Crippen molar-refractivity contribution in [1.29, 1.82) is 0 Å². The number of amides is 1. The van der Waals surface area contributed by atoms with Crippen LogP contribution in [0.5, 0.6) is 5.75 Å². The van der Waals surface area contributed by atoms with Crippen LogP contribution in [0.4, 0.5) is 0 Å². The highest BCUT2D eigenvalue weighted by molar-refractivity contribution is 7.12. The molecule has 0 aliphatic heterocycles. The molecule has 4 nitrogen and oxygen atoms in total. The summed E-state index contributed by atoms with van der Waals surface area (Å²) in [7, 11) is 1.57. The van der Waals surface area contributed by atoms with Crippen molar-refractivity contribution < 1.29 is 9.53 Å². The molecule has 0 aliphatic carbocycles. The Kier molecular flexibility index (Phi) is 3.72. The lowest BCUT2D eigenvalue weighted by molar-refractivity contribution is 0.0958. The molecule has 0 atom stereocenters. The maximum absolute atomic E-state index is 11.3. The van der Waals surface area contributed by atoms with Crippen LogP contribution in [0.1, 0.15) is 9.67 Å². The van der Waals surface area contributed by atoms with E-state index < -0.39 is 0 Å². The van der Waals surface area contributed by atoms with E-state index in [-0.39, 0.29) is 5.91 Å². The van der Waals surface area contributed by atoms with Crippen LogP contribution >= 0.6 is 11.3 Å². The third-order valence-corrected chi connectivity index (χ3v) is 2.37. The van der Waals surface area contributed by atoms with Gasteiger partial charge in [-0.25, -0.2) is 0 Å². The molecule has 0 unspecified atom stereocenters. The third kappa shape index (κ3) is 2.71.